The molecular formula is C17H19N3O7. The highest BCUT2D eigenvalue weighted by atomic mass is 16.6. The van der Waals surface area contributed by atoms with Crippen molar-refractivity contribution >= 4 is 23.7 Å². The fraction of sp³-hybridized carbons (Fsp3) is 0.353. The van der Waals surface area contributed by atoms with Crippen LogP contribution >= 0.6 is 0 Å². The molecule has 0 radical (unpaired) electrons. The Bertz CT molecular complexity index is 832. The van der Waals surface area contributed by atoms with Crippen LogP contribution in [0.15, 0.2) is 29.5 Å². The molecule has 0 fully saturated rings. The number of nitrogens with zero attached hydrogens (tertiary/aromatic N) is 1. The van der Waals surface area contributed by atoms with Crippen LogP contribution in [0.1, 0.15) is 29.8 Å². The monoisotopic (exact) mass is 377 g/mol. The zero-order valence-electron chi connectivity index (χ0n) is 15.0. The summed E-state index contributed by atoms with van der Waals surface area (Å²) >= 11 is 0. The summed E-state index contributed by atoms with van der Waals surface area (Å²) in [5, 5.41) is 15.9. The minimum Gasteiger partial charge on any atom is -0.463 e. The van der Waals surface area contributed by atoms with E-state index in [-0.39, 0.29) is 34.7 Å². The second-order valence-electron chi connectivity index (χ2n) is 5.72. The highest BCUT2D eigenvalue weighted by molar-refractivity contribution is 5.95. The smallest absolute Gasteiger partial charge is 0.339 e. The third kappa shape index (κ3) is 4.40. The lowest BCUT2D eigenvalue weighted by Gasteiger charge is -2.26. The van der Waals surface area contributed by atoms with Crippen LogP contribution in [0.4, 0.5) is 10.5 Å². The minimum atomic E-state index is -0.813. The molecular weight excluding hydrogens is 358 g/mol. The molecule has 1 aliphatic heterocycles. The van der Waals surface area contributed by atoms with Crippen molar-refractivity contribution in [2.45, 2.75) is 26.8 Å². The Morgan fingerprint density at radius 3 is 2.59 bits per heavy atom. The summed E-state index contributed by atoms with van der Waals surface area (Å²) in [4.78, 5) is 46.5. The molecule has 2 amide bonds. The fourth-order valence-electron chi connectivity index (χ4n) is 2.65. The van der Waals surface area contributed by atoms with Gasteiger partial charge in [0.15, 0.2) is 0 Å². The van der Waals surface area contributed by atoms with Crippen molar-refractivity contribution in [2.75, 3.05) is 13.2 Å². The van der Waals surface area contributed by atoms with Gasteiger partial charge in [0.25, 0.3) is 5.69 Å². The lowest BCUT2D eigenvalue weighted by Crippen LogP contribution is -2.50. The molecule has 0 bridgehead atoms. The molecule has 1 aromatic rings. The number of nitro groups is 1. The van der Waals surface area contributed by atoms with Gasteiger partial charge in [-0.15, -0.1) is 0 Å². The maximum atomic E-state index is 12.3. The van der Waals surface area contributed by atoms with E-state index in [9.17, 15) is 24.5 Å². The number of hydrogen-bond acceptors (Lipinski definition) is 7. The van der Waals surface area contributed by atoms with Crippen molar-refractivity contribution in [1.29, 1.82) is 0 Å². The van der Waals surface area contributed by atoms with Crippen LogP contribution in [-0.4, -0.2) is 42.1 Å². The largest absolute Gasteiger partial charge is 0.463 e. The maximum Gasteiger partial charge on any atom is 0.339 e. The van der Waals surface area contributed by atoms with E-state index in [0.717, 1.165) is 0 Å². The number of amides is 2. The van der Waals surface area contributed by atoms with Gasteiger partial charge in [0.1, 0.15) is 6.61 Å². The molecule has 27 heavy (non-hydrogen) atoms. The van der Waals surface area contributed by atoms with Gasteiger partial charge >= 0.3 is 18.0 Å². The maximum absolute atomic E-state index is 12.3. The zero-order valence-corrected chi connectivity index (χ0v) is 15.0. The van der Waals surface area contributed by atoms with Gasteiger partial charge in [-0.25, -0.2) is 14.4 Å². The van der Waals surface area contributed by atoms with Crippen molar-refractivity contribution in [1.82, 2.24) is 10.6 Å². The van der Waals surface area contributed by atoms with Crippen LogP contribution in [0, 0.1) is 17.0 Å². The Kier molecular flexibility index (Phi) is 6.11. The van der Waals surface area contributed by atoms with Crippen molar-refractivity contribution in [2.24, 2.45) is 0 Å². The lowest BCUT2D eigenvalue weighted by atomic mass is 10.0. The highest BCUT2D eigenvalue weighted by Crippen LogP contribution is 2.22. The lowest BCUT2D eigenvalue weighted by molar-refractivity contribution is -0.385. The van der Waals surface area contributed by atoms with Gasteiger partial charge in [-0.3, -0.25) is 10.1 Å². The first kappa shape index (κ1) is 19.9. The number of nitrogens with one attached hydrogen (secondary N) is 2. The van der Waals surface area contributed by atoms with Crippen molar-refractivity contribution in [3.05, 3.63) is 50.7 Å². The van der Waals surface area contributed by atoms with Gasteiger partial charge in [-0.05, 0) is 26.8 Å². The molecule has 0 saturated carbocycles. The van der Waals surface area contributed by atoms with Crippen LogP contribution in [0.5, 0.6) is 0 Å². The van der Waals surface area contributed by atoms with Crippen LogP contribution in [-0.2, 0) is 14.3 Å². The van der Waals surface area contributed by atoms with E-state index in [2.05, 4.69) is 10.6 Å². The number of nitro benzene ring substituents is 1. The van der Waals surface area contributed by atoms with Crippen LogP contribution < -0.4 is 10.6 Å². The topological polar surface area (TPSA) is 137 Å². The summed E-state index contributed by atoms with van der Waals surface area (Å²) in [6.45, 7) is 4.42. The zero-order chi connectivity index (χ0) is 20.1. The second-order valence-corrected chi connectivity index (χ2v) is 5.72. The normalized spacial score (nSPS) is 16.3. The standard InChI is InChI=1S/C17H19N3O7/c1-4-26-16(22)14-10(3)18-17(23)19-12(14)8-27-15(21)11-6-5-7-13(9(11)2)20(24)25/h5-7,10H,4,8H2,1-3H3,(H2,18,19,23)/t10-/m1/s1. The molecule has 1 atom stereocenters. The van der Waals surface area contributed by atoms with Gasteiger partial charge in [0.2, 0.25) is 0 Å². The molecule has 1 aromatic carbocycles. The summed E-state index contributed by atoms with van der Waals surface area (Å²) < 4.78 is 10.1. The molecule has 0 spiro atoms. The van der Waals surface area contributed by atoms with E-state index < -0.39 is 35.5 Å². The van der Waals surface area contributed by atoms with Crippen molar-refractivity contribution < 1.29 is 28.8 Å². The molecule has 2 rings (SSSR count). The fourth-order valence-corrected chi connectivity index (χ4v) is 2.65. The first-order valence-electron chi connectivity index (χ1n) is 8.15. The molecule has 2 N–H and O–H groups in total. The van der Waals surface area contributed by atoms with Gasteiger partial charge in [-0.2, -0.15) is 0 Å². The first-order valence-corrected chi connectivity index (χ1v) is 8.15. The van der Waals surface area contributed by atoms with Crippen molar-refractivity contribution in [3.8, 4) is 0 Å². The van der Waals surface area contributed by atoms with E-state index >= 15 is 0 Å². The Labute approximate surface area is 154 Å². The molecule has 1 heterocycles. The van der Waals surface area contributed by atoms with E-state index in [1.165, 1.54) is 25.1 Å². The van der Waals surface area contributed by atoms with Gasteiger partial charge in [0.05, 0.1) is 34.4 Å². The number of ether oxygens (including phenoxy) is 2. The number of rotatable bonds is 6. The first-order chi connectivity index (χ1) is 12.8. The van der Waals surface area contributed by atoms with Crippen LogP contribution in [0.3, 0.4) is 0 Å². The molecule has 1 aliphatic rings. The highest BCUT2D eigenvalue weighted by Gasteiger charge is 2.30. The number of benzene rings is 1. The number of urea groups is 1. The summed E-state index contributed by atoms with van der Waals surface area (Å²) in [6.07, 6.45) is 0. The quantitative estimate of drug-likeness (QED) is 0.436. The SMILES string of the molecule is CCOC(=O)C1=C(COC(=O)c2cccc([N+](=O)[O-])c2C)NC(=O)N[C@@H]1C. The molecule has 0 aliphatic carbocycles. The summed E-state index contributed by atoms with van der Waals surface area (Å²) in [5.74, 6) is -1.46. The third-order valence-electron chi connectivity index (χ3n) is 3.93. The van der Waals surface area contributed by atoms with E-state index in [0.29, 0.717) is 0 Å². The van der Waals surface area contributed by atoms with Crippen LogP contribution in [0.2, 0.25) is 0 Å². The number of esters is 2. The number of carbonyl (C=O) groups excluding carboxylic acids is 3. The average Bonchev–Trinajstić information content (AvgIpc) is 2.59. The number of hydrogen-bond donors (Lipinski definition) is 2. The Morgan fingerprint density at radius 2 is 1.96 bits per heavy atom. The van der Waals surface area contributed by atoms with Gasteiger partial charge in [-0.1, -0.05) is 6.07 Å². The summed E-state index contributed by atoms with van der Waals surface area (Å²) in [5.41, 5.74) is 0.214. The summed E-state index contributed by atoms with van der Waals surface area (Å²) in [6, 6.07) is 2.87. The Morgan fingerprint density at radius 1 is 1.26 bits per heavy atom. The van der Waals surface area contributed by atoms with Gasteiger partial charge < -0.3 is 20.1 Å². The Hall–Kier alpha value is -3.43. The molecule has 0 unspecified atom stereocenters. The number of carbonyl (C=O) groups is 3. The van der Waals surface area contributed by atoms with E-state index in [1.807, 2.05) is 0 Å². The van der Waals surface area contributed by atoms with E-state index in [4.69, 9.17) is 9.47 Å². The predicted molar refractivity (Wildman–Crippen MR) is 92.9 cm³/mol. The Balaban J connectivity index is 2.24. The third-order valence-corrected chi connectivity index (χ3v) is 3.93. The molecule has 10 nitrogen and oxygen atoms in total. The van der Waals surface area contributed by atoms with Crippen molar-refractivity contribution in [3.63, 3.8) is 0 Å². The predicted octanol–water partition coefficient (Wildman–Crippen LogP) is 1.58. The molecule has 0 aromatic heterocycles. The molecule has 0 saturated heterocycles. The summed E-state index contributed by atoms with van der Waals surface area (Å²) in [7, 11) is 0. The van der Waals surface area contributed by atoms with Gasteiger partial charge in [0, 0.05) is 11.6 Å². The minimum absolute atomic E-state index is 0.0239. The van der Waals surface area contributed by atoms with Crippen LogP contribution in [0.25, 0.3) is 0 Å². The average molecular weight is 377 g/mol. The second kappa shape index (κ2) is 8.30. The molecule has 144 valence electrons. The molecule has 10 heteroatoms. The van der Waals surface area contributed by atoms with E-state index in [1.54, 1.807) is 13.8 Å².